The van der Waals surface area contributed by atoms with Crippen molar-refractivity contribution in [3.63, 3.8) is 0 Å². The minimum Gasteiger partial charge on any atom is -0.234 e. The van der Waals surface area contributed by atoms with Gasteiger partial charge in [0.15, 0.2) is 5.65 Å². The van der Waals surface area contributed by atoms with Crippen LogP contribution in [-0.4, -0.2) is 14.6 Å². The van der Waals surface area contributed by atoms with Gasteiger partial charge in [0.2, 0.25) is 0 Å². The van der Waals surface area contributed by atoms with Gasteiger partial charge in [-0.2, -0.15) is 5.10 Å². The van der Waals surface area contributed by atoms with Crippen molar-refractivity contribution >= 4 is 5.65 Å². The van der Waals surface area contributed by atoms with Crippen LogP contribution in [0.1, 0.15) is 31.2 Å². The van der Waals surface area contributed by atoms with Crippen molar-refractivity contribution in [2.75, 3.05) is 0 Å². The summed E-state index contributed by atoms with van der Waals surface area (Å²) in [6.45, 7) is 4.23. The Morgan fingerprint density at radius 3 is 2.65 bits per heavy atom. The Balaban J connectivity index is 2.13. The van der Waals surface area contributed by atoms with Gasteiger partial charge < -0.3 is 0 Å². The summed E-state index contributed by atoms with van der Waals surface area (Å²) in [5.41, 5.74) is 5.37. The van der Waals surface area contributed by atoms with Crippen LogP contribution in [0.3, 0.4) is 0 Å². The quantitative estimate of drug-likeness (QED) is 0.712. The summed E-state index contributed by atoms with van der Waals surface area (Å²) in [6, 6.07) is 14.6. The van der Waals surface area contributed by atoms with Gasteiger partial charge in [-0.05, 0) is 25.8 Å². The third kappa shape index (κ3) is 2.44. The molecule has 2 aromatic heterocycles. The van der Waals surface area contributed by atoms with Gasteiger partial charge >= 0.3 is 0 Å². The van der Waals surface area contributed by atoms with Gasteiger partial charge in [0.25, 0.3) is 0 Å². The number of hydrogen-bond donors (Lipinski definition) is 0. The summed E-state index contributed by atoms with van der Waals surface area (Å²) in [5.74, 6) is 0. The molecule has 0 bridgehead atoms. The maximum Gasteiger partial charge on any atom is 0.156 e. The standard InChI is InChI=1S/C17H19N3/c1-3-4-10-15-12-17-18-13(2)11-16(20(17)19-15)14-8-6-5-7-9-14/h5-9,11-12H,3-4,10H2,1-2H3. The molecule has 0 aliphatic carbocycles. The molecule has 3 aromatic rings. The SMILES string of the molecule is CCCCc1cc2nc(C)cc(-c3ccccc3)n2n1. The predicted molar refractivity (Wildman–Crippen MR) is 81.8 cm³/mol. The second-order valence-electron chi connectivity index (χ2n) is 5.16. The molecule has 0 spiro atoms. The molecule has 0 aliphatic heterocycles. The number of hydrogen-bond acceptors (Lipinski definition) is 2. The van der Waals surface area contributed by atoms with Gasteiger partial charge in [-0.15, -0.1) is 0 Å². The molecule has 3 heteroatoms. The van der Waals surface area contributed by atoms with E-state index >= 15 is 0 Å². The first-order valence-electron chi connectivity index (χ1n) is 7.19. The van der Waals surface area contributed by atoms with Crippen molar-refractivity contribution in [3.8, 4) is 11.3 Å². The average Bonchev–Trinajstić information content (AvgIpc) is 2.87. The zero-order valence-electron chi connectivity index (χ0n) is 12.0. The van der Waals surface area contributed by atoms with Crippen molar-refractivity contribution in [1.82, 2.24) is 14.6 Å². The Hall–Kier alpha value is -2.16. The van der Waals surface area contributed by atoms with E-state index in [4.69, 9.17) is 5.10 Å². The zero-order chi connectivity index (χ0) is 13.9. The number of rotatable bonds is 4. The number of fused-ring (bicyclic) bond motifs is 1. The van der Waals surface area contributed by atoms with E-state index in [2.05, 4.69) is 48.3 Å². The highest BCUT2D eigenvalue weighted by molar-refractivity contribution is 5.63. The molecule has 0 aliphatic rings. The van der Waals surface area contributed by atoms with E-state index in [1.54, 1.807) is 0 Å². The maximum atomic E-state index is 4.72. The van der Waals surface area contributed by atoms with Crippen LogP contribution in [0.5, 0.6) is 0 Å². The van der Waals surface area contributed by atoms with E-state index < -0.39 is 0 Å². The van der Waals surface area contributed by atoms with E-state index in [1.165, 1.54) is 18.4 Å². The van der Waals surface area contributed by atoms with Crippen molar-refractivity contribution < 1.29 is 0 Å². The fraction of sp³-hybridized carbons (Fsp3) is 0.294. The van der Waals surface area contributed by atoms with E-state index in [-0.39, 0.29) is 0 Å². The number of unbranched alkanes of at least 4 members (excludes halogenated alkanes) is 1. The Kier molecular flexibility index (Phi) is 3.50. The molecule has 20 heavy (non-hydrogen) atoms. The molecule has 0 N–H and O–H groups in total. The van der Waals surface area contributed by atoms with Gasteiger partial charge in [0.1, 0.15) is 0 Å². The second-order valence-corrected chi connectivity index (χ2v) is 5.16. The molecule has 0 unspecified atom stereocenters. The van der Waals surface area contributed by atoms with Crippen LogP contribution in [-0.2, 0) is 6.42 Å². The highest BCUT2D eigenvalue weighted by Gasteiger charge is 2.09. The van der Waals surface area contributed by atoms with Crippen molar-refractivity contribution in [2.45, 2.75) is 33.1 Å². The second kappa shape index (κ2) is 5.45. The maximum absolute atomic E-state index is 4.72. The Labute approximate surface area is 119 Å². The normalized spacial score (nSPS) is 11.1. The predicted octanol–water partition coefficient (Wildman–Crippen LogP) is 4.05. The van der Waals surface area contributed by atoms with E-state index in [0.29, 0.717) is 0 Å². The Morgan fingerprint density at radius 2 is 1.90 bits per heavy atom. The fourth-order valence-corrected chi connectivity index (χ4v) is 2.44. The zero-order valence-corrected chi connectivity index (χ0v) is 12.0. The largest absolute Gasteiger partial charge is 0.234 e. The molecule has 0 radical (unpaired) electrons. The molecule has 0 saturated carbocycles. The molecule has 102 valence electrons. The fourth-order valence-electron chi connectivity index (χ4n) is 2.44. The molecular weight excluding hydrogens is 246 g/mol. The van der Waals surface area contributed by atoms with Gasteiger partial charge in [-0.1, -0.05) is 43.7 Å². The van der Waals surface area contributed by atoms with Crippen LogP contribution in [0, 0.1) is 6.92 Å². The molecule has 3 rings (SSSR count). The number of aryl methyl sites for hydroxylation is 2. The lowest BCUT2D eigenvalue weighted by Crippen LogP contribution is -1.98. The summed E-state index contributed by atoms with van der Waals surface area (Å²) in [4.78, 5) is 4.59. The first kappa shape index (κ1) is 12.9. The lowest BCUT2D eigenvalue weighted by atomic mass is 10.1. The van der Waals surface area contributed by atoms with Crippen LogP contribution in [0.2, 0.25) is 0 Å². The summed E-state index contributed by atoms with van der Waals surface area (Å²) in [6.07, 6.45) is 3.38. The minimum atomic E-state index is 0.940. The van der Waals surface area contributed by atoms with Gasteiger partial charge in [-0.25, -0.2) is 9.50 Å². The molecule has 0 atom stereocenters. The third-order valence-corrected chi connectivity index (χ3v) is 3.46. The summed E-state index contributed by atoms with van der Waals surface area (Å²) < 4.78 is 1.97. The van der Waals surface area contributed by atoms with Gasteiger partial charge in [-0.3, -0.25) is 0 Å². The minimum absolute atomic E-state index is 0.940. The molecule has 0 amide bonds. The lowest BCUT2D eigenvalue weighted by molar-refractivity contribution is 0.762. The van der Waals surface area contributed by atoms with Crippen LogP contribution >= 0.6 is 0 Å². The number of benzene rings is 1. The first-order chi connectivity index (χ1) is 9.78. The van der Waals surface area contributed by atoms with Crippen LogP contribution in [0.25, 0.3) is 16.9 Å². The highest BCUT2D eigenvalue weighted by Crippen LogP contribution is 2.21. The van der Waals surface area contributed by atoms with E-state index in [9.17, 15) is 0 Å². The van der Waals surface area contributed by atoms with Crippen molar-refractivity contribution in [2.24, 2.45) is 0 Å². The molecular formula is C17H19N3. The summed E-state index contributed by atoms with van der Waals surface area (Å²) in [5, 5.41) is 4.72. The van der Waals surface area contributed by atoms with Gasteiger partial charge in [0.05, 0.1) is 11.4 Å². The first-order valence-corrected chi connectivity index (χ1v) is 7.19. The summed E-state index contributed by atoms with van der Waals surface area (Å²) >= 11 is 0. The monoisotopic (exact) mass is 265 g/mol. The molecule has 0 fully saturated rings. The molecule has 3 nitrogen and oxygen atoms in total. The average molecular weight is 265 g/mol. The number of nitrogens with zero attached hydrogens (tertiary/aromatic N) is 3. The van der Waals surface area contributed by atoms with Crippen LogP contribution in [0.4, 0.5) is 0 Å². The number of aromatic nitrogens is 3. The lowest BCUT2D eigenvalue weighted by Gasteiger charge is -2.05. The van der Waals surface area contributed by atoms with E-state index in [1.807, 2.05) is 17.5 Å². The van der Waals surface area contributed by atoms with Gasteiger partial charge in [0, 0.05) is 17.3 Å². The van der Waals surface area contributed by atoms with E-state index in [0.717, 1.165) is 29.1 Å². The molecule has 1 aromatic carbocycles. The third-order valence-electron chi connectivity index (χ3n) is 3.46. The molecule has 0 saturated heterocycles. The summed E-state index contributed by atoms with van der Waals surface area (Å²) in [7, 11) is 0. The van der Waals surface area contributed by atoms with Crippen LogP contribution in [0.15, 0.2) is 42.5 Å². The van der Waals surface area contributed by atoms with Crippen LogP contribution < -0.4 is 0 Å². The highest BCUT2D eigenvalue weighted by atomic mass is 15.3. The smallest absolute Gasteiger partial charge is 0.156 e. The topological polar surface area (TPSA) is 30.2 Å². The van der Waals surface area contributed by atoms with Crippen molar-refractivity contribution in [3.05, 3.63) is 53.9 Å². The Morgan fingerprint density at radius 1 is 1.10 bits per heavy atom. The Bertz CT molecular complexity index is 714. The molecule has 2 heterocycles. The van der Waals surface area contributed by atoms with Crippen molar-refractivity contribution in [1.29, 1.82) is 0 Å².